The van der Waals surface area contributed by atoms with Gasteiger partial charge in [-0.3, -0.25) is 0 Å². The first-order valence-electron chi connectivity index (χ1n) is 20.2. The predicted molar refractivity (Wildman–Crippen MR) is 240 cm³/mol. The van der Waals surface area contributed by atoms with E-state index < -0.39 is 5.41 Å². The summed E-state index contributed by atoms with van der Waals surface area (Å²) in [7, 11) is 0. The van der Waals surface area contributed by atoms with Gasteiger partial charge in [-0.1, -0.05) is 178 Å². The molecule has 0 radical (unpaired) electrons. The molecule has 0 spiro atoms. The molecule has 2 aliphatic carbocycles. The molecule has 0 fully saturated rings. The lowest BCUT2D eigenvalue weighted by Gasteiger charge is -2.35. The molecule has 9 aromatic rings. The third-order valence-corrected chi connectivity index (χ3v) is 13.1. The maximum Gasteiger partial charge on any atom is 0.0714 e. The van der Waals surface area contributed by atoms with Gasteiger partial charge >= 0.3 is 0 Å². The summed E-state index contributed by atoms with van der Waals surface area (Å²) < 4.78 is 0. The molecule has 9 aromatic carbocycles. The summed E-state index contributed by atoms with van der Waals surface area (Å²) in [5.74, 6) is 0. The molecule has 0 saturated carbocycles. The molecular formula is C56H43N. The summed E-state index contributed by atoms with van der Waals surface area (Å²) in [5, 5.41) is 5.22. The van der Waals surface area contributed by atoms with Crippen LogP contribution >= 0.6 is 0 Å². The van der Waals surface area contributed by atoms with E-state index in [0.717, 1.165) is 11.4 Å². The third kappa shape index (κ3) is 4.69. The first-order valence-corrected chi connectivity index (χ1v) is 20.2. The number of para-hydroxylation sites is 1. The summed E-state index contributed by atoms with van der Waals surface area (Å²) in [6, 6.07) is 70.4. The summed E-state index contributed by atoms with van der Waals surface area (Å²) in [5.41, 5.74) is 18.7. The second-order valence-corrected chi connectivity index (χ2v) is 16.6. The van der Waals surface area contributed by atoms with Crippen LogP contribution in [0.5, 0.6) is 0 Å². The minimum Gasteiger partial charge on any atom is -0.310 e. The Morgan fingerprint density at radius 3 is 1.61 bits per heavy atom. The van der Waals surface area contributed by atoms with E-state index in [1.54, 1.807) is 0 Å². The lowest BCUT2D eigenvalue weighted by Crippen LogP contribution is -2.28. The number of hydrogen-bond donors (Lipinski definition) is 0. The molecule has 0 saturated heterocycles. The zero-order valence-corrected chi connectivity index (χ0v) is 32.8. The van der Waals surface area contributed by atoms with Crippen molar-refractivity contribution in [1.29, 1.82) is 0 Å². The van der Waals surface area contributed by atoms with Crippen molar-refractivity contribution in [3.63, 3.8) is 0 Å². The average Bonchev–Trinajstić information content (AvgIpc) is 3.68. The monoisotopic (exact) mass is 729 g/mol. The van der Waals surface area contributed by atoms with Gasteiger partial charge in [0.25, 0.3) is 0 Å². The van der Waals surface area contributed by atoms with Crippen molar-refractivity contribution in [2.45, 2.75) is 38.5 Å². The zero-order chi connectivity index (χ0) is 38.5. The van der Waals surface area contributed by atoms with Crippen LogP contribution in [0.1, 0.15) is 58.4 Å². The molecule has 0 aliphatic heterocycles. The molecule has 0 unspecified atom stereocenters. The fraction of sp³-hybridized carbons (Fsp3) is 0.107. The Morgan fingerprint density at radius 1 is 0.386 bits per heavy atom. The minimum atomic E-state index is -0.481. The van der Waals surface area contributed by atoms with Crippen LogP contribution in [0.2, 0.25) is 0 Å². The molecule has 11 rings (SSSR count). The van der Waals surface area contributed by atoms with E-state index in [0.29, 0.717) is 0 Å². The largest absolute Gasteiger partial charge is 0.310 e. The summed E-state index contributed by atoms with van der Waals surface area (Å²) in [6.45, 7) is 9.31. The Balaban J connectivity index is 1.15. The second-order valence-electron chi connectivity index (χ2n) is 16.6. The van der Waals surface area contributed by atoms with Crippen LogP contribution < -0.4 is 4.90 Å². The van der Waals surface area contributed by atoms with Crippen LogP contribution in [0.25, 0.3) is 43.8 Å². The number of benzene rings is 9. The Kier molecular flexibility index (Phi) is 7.32. The Labute approximate surface area is 335 Å². The van der Waals surface area contributed by atoms with E-state index in [2.05, 4.69) is 221 Å². The number of nitrogens with zero attached hydrogens (tertiary/aromatic N) is 1. The summed E-state index contributed by atoms with van der Waals surface area (Å²) in [4.78, 5) is 2.51. The van der Waals surface area contributed by atoms with Gasteiger partial charge in [-0.05, 0) is 126 Å². The van der Waals surface area contributed by atoms with Crippen LogP contribution in [0.4, 0.5) is 17.1 Å². The smallest absolute Gasteiger partial charge is 0.0714 e. The van der Waals surface area contributed by atoms with Gasteiger partial charge in [-0.2, -0.15) is 0 Å². The Bertz CT molecular complexity index is 3000. The van der Waals surface area contributed by atoms with Gasteiger partial charge in [0, 0.05) is 16.8 Å². The van der Waals surface area contributed by atoms with Crippen molar-refractivity contribution in [1.82, 2.24) is 0 Å². The molecule has 1 heteroatoms. The fourth-order valence-electron chi connectivity index (χ4n) is 10.8. The molecular weight excluding hydrogens is 687 g/mol. The van der Waals surface area contributed by atoms with E-state index in [1.807, 2.05) is 0 Å². The van der Waals surface area contributed by atoms with Crippen molar-refractivity contribution in [3.05, 3.63) is 233 Å². The molecule has 57 heavy (non-hydrogen) atoms. The second kappa shape index (κ2) is 12.4. The minimum absolute atomic E-state index is 0.147. The molecule has 0 amide bonds. The number of aryl methyl sites for hydroxylation is 2. The van der Waals surface area contributed by atoms with Crippen LogP contribution in [-0.2, 0) is 10.8 Å². The topological polar surface area (TPSA) is 3.24 Å². The highest BCUT2D eigenvalue weighted by molar-refractivity contribution is 6.04. The lowest BCUT2D eigenvalue weighted by atomic mass is 9.67. The standard InChI is InChI=1S/C56H43N/c1-36-16-15-17-37(2)54(36)57(42-28-32-45-39(34-42)27-31-49-48-30-26-38-18-11-12-23-44(38)52(48)55(3,4)53(45)49)43-29-33-47-46-24-13-14-25-50(46)56(51(47)35-43,40-19-7-5-8-20-40)41-21-9-6-10-22-41/h5-35H,1-4H3. The van der Waals surface area contributed by atoms with Crippen LogP contribution in [-0.4, -0.2) is 0 Å². The first kappa shape index (κ1) is 33.6. The van der Waals surface area contributed by atoms with E-state index in [-0.39, 0.29) is 5.41 Å². The molecule has 2 aliphatic rings. The Hall–Kier alpha value is -6.70. The van der Waals surface area contributed by atoms with Gasteiger partial charge in [0.15, 0.2) is 0 Å². The fourth-order valence-corrected chi connectivity index (χ4v) is 10.8. The Morgan fingerprint density at radius 2 is 0.912 bits per heavy atom. The molecule has 0 heterocycles. The quantitative estimate of drug-likeness (QED) is 0.170. The highest BCUT2D eigenvalue weighted by Gasteiger charge is 2.46. The van der Waals surface area contributed by atoms with Crippen molar-refractivity contribution in [2.24, 2.45) is 0 Å². The van der Waals surface area contributed by atoms with Crippen molar-refractivity contribution < 1.29 is 0 Å². The first-order chi connectivity index (χ1) is 27.9. The van der Waals surface area contributed by atoms with Crippen LogP contribution in [0.15, 0.2) is 188 Å². The van der Waals surface area contributed by atoms with Crippen LogP contribution in [0.3, 0.4) is 0 Å². The van der Waals surface area contributed by atoms with Gasteiger partial charge in [0.05, 0.1) is 11.1 Å². The van der Waals surface area contributed by atoms with Crippen molar-refractivity contribution >= 4 is 38.6 Å². The summed E-state index contributed by atoms with van der Waals surface area (Å²) >= 11 is 0. The average molecular weight is 730 g/mol. The number of rotatable bonds is 5. The maximum atomic E-state index is 2.51. The van der Waals surface area contributed by atoms with Crippen molar-refractivity contribution in [3.8, 4) is 22.3 Å². The normalized spacial score (nSPS) is 14.2. The maximum absolute atomic E-state index is 2.51. The predicted octanol–water partition coefficient (Wildman–Crippen LogP) is 14.7. The zero-order valence-electron chi connectivity index (χ0n) is 32.8. The molecule has 0 aromatic heterocycles. The van der Waals surface area contributed by atoms with E-state index in [4.69, 9.17) is 0 Å². The number of hydrogen-bond acceptors (Lipinski definition) is 1. The van der Waals surface area contributed by atoms with E-state index in [1.165, 1.54) is 94.0 Å². The van der Waals surface area contributed by atoms with Gasteiger partial charge in [0.2, 0.25) is 0 Å². The van der Waals surface area contributed by atoms with Gasteiger partial charge < -0.3 is 4.90 Å². The van der Waals surface area contributed by atoms with E-state index >= 15 is 0 Å². The SMILES string of the molecule is Cc1cccc(C)c1N(c1ccc2c(c1)C(c1ccccc1)(c1ccccc1)c1ccccc1-2)c1ccc2c3c(ccc2c1)-c1ccc2ccccc2c1C3(C)C. The number of fused-ring (bicyclic) bond motifs is 10. The van der Waals surface area contributed by atoms with E-state index in [9.17, 15) is 0 Å². The molecule has 272 valence electrons. The molecule has 0 N–H and O–H groups in total. The van der Waals surface area contributed by atoms with Gasteiger partial charge in [-0.15, -0.1) is 0 Å². The molecule has 0 atom stereocenters. The molecule has 1 nitrogen and oxygen atoms in total. The van der Waals surface area contributed by atoms with Crippen LogP contribution in [0, 0.1) is 13.8 Å². The molecule has 0 bridgehead atoms. The van der Waals surface area contributed by atoms with Gasteiger partial charge in [-0.25, -0.2) is 0 Å². The summed E-state index contributed by atoms with van der Waals surface area (Å²) in [6.07, 6.45) is 0. The number of anilines is 3. The van der Waals surface area contributed by atoms with Crippen molar-refractivity contribution in [2.75, 3.05) is 4.90 Å². The van der Waals surface area contributed by atoms with Gasteiger partial charge in [0.1, 0.15) is 0 Å². The third-order valence-electron chi connectivity index (χ3n) is 13.1. The highest BCUT2D eigenvalue weighted by Crippen LogP contribution is 2.58. The lowest BCUT2D eigenvalue weighted by molar-refractivity contribution is 0.672. The highest BCUT2D eigenvalue weighted by atomic mass is 15.1.